The maximum absolute atomic E-state index is 12.6. The zero-order valence-electron chi connectivity index (χ0n) is 21.5. The number of hydrogen-bond acceptors (Lipinski definition) is 6. The first-order valence-electron chi connectivity index (χ1n) is 12.5. The molecule has 0 aliphatic rings. The monoisotopic (exact) mass is 518 g/mol. The summed E-state index contributed by atoms with van der Waals surface area (Å²) in [6.07, 6.45) is 10.2. The fraction of sp³-hybridized carbons (Fsp3) is 0.133. The van der Waals surface area contributed by atoms with Crippen LogP contribution in [-0.4, -0.2) is 37.6 Å². The largest absolute Gasteiger partial charge is 0.497 e. The molecule has 6 aromatic rings. The van der Waals surface area contributed by atoms with Crippen molar-refractivity contribution in [3.05, 3.63) is 109 Å². The van der Waals surface area contributed by atoms with Crippen molar-refractivity contribution in [2.75, 3.05) is 12.0 Å². The van der Waals surface area contributed by atoms with E-state index in [0.29, 0.717) is 29.5 Å². The molecule has 0 aliphatic heterocycles. The van der Waals surface area contributed by atoms with E-state index < -0.39 is 6.04 Å². The summed E-state index contributed by atoms with van der Waals surface area (Å²) in [5.74, 6) is 1.84. The lowest BCUT2D eigenvalue weighted by Gasteiger charge is -2.26. The third-order valence-electron chi connectivity index (χ3n) is 6.83. The Morgan fingerprint density at radius 3 is 2.64 bits per heavy atom. The van der Waals surface area contributed by atoms with Crippen LogP contribution in [0.2, 0.25) is 0 Å². The number of carbonyl (C=O) groups is 1. The van der Waals surface area contributed by atoms with Gasteiger partial charge < -0.3 is 18.3 Å². The predicted molar refractivity (Wildman–Crippen MR) is 148 cm³/mol. The van der Waals surface area contributed by atoms with Crippen molar-refractivity contribution >= 4 is 23.3 Å². The van der Waals surface area contributed by atoms with Crippen molar-refractivity contribution in [3.8, 4) is 22.7 Å². The van der Waals surface area contributed by atoms with Crippen LogP contribution >= 0.6 is 0 Å². The molecule has 9 heteroatoms. The molecule has 1 atom stereocenters. The molecule has 0 unspecified atom stereocenters. The lowest BCUT2D eigenvalue weighted by atomic mass is 10.1. The Morgan fingerprint density at radius 2 is 1.92 bits per heavy atom. The fourth-order valence-electron chi connectivity index (χ4n) is 4.79. The predicted octanol–water partition coefficient (Wildman–Crippen LogP) is 5.37. The molecule has 0 saturated carbocycles. The molecule has 0 spiro atoms. The van der Waals surface area contributed by atoms with Crippen LogP contribution in [0.1, 0.15) is 17.6 Å². The molecule has 0 radical (unpaired) electrons. The normalized spacial score (nSPS) is 11.9. The number of pyridine rings is 1. The molecule has 194 valence electrons. The van der Waals surface area contributed by atoms with Gasteiger partial charge in [0.25, 0.3) is 0 Å². The van der Waals surface area contributed by atoms with E-state index in [2.05, 4.69) is 9.97 Å². The number of benzene rings is 2. The number of ether oxygens (including phenoxy) is 1. The first kappa shape index (κ1) is 24.2. The Morgan fingerprint density at radius 1 is 1.05 bits per heavy atom. The topological polar surface area (TPSA) is 91.2 Å². The van der Waals surface area contributed by atoms with Gasteiger partial charge in [-0.1, -0.05) is 18.2 Å². The van der Waals surface area contributed by atoms with E-state index in [1.165, 1.54) is 0 Å². The van der Waals surface area contributed by atoms with E-state index in [0.717, 1.165) is 34.4 Å². The maximum Gasteiger partial charge on any atom is 0.217 e. The molecule has 1 amide bonds. The molecular formula is C30H26N6O3. The number of rotatable bonds is 9. The second-order valence-corrected chi connectivity index (χ2v) is 9.12. The third-order valence-corrected chi connectivity index (χ3v) is 6.83. The van der Waals surface area contributed by atoms with Crippen LogP contribution < -0.4 is 9.64 Å². The summed E-state index contributed by atoms with van der Waals surface area (Å²) < 4.78 is 15.4. The summed E-state index contributed by atoms with van der Waals surface area (Å²) in [6, 6.07) is 20.8. The van der Waals surface area contributed by atoms with Gasteiger partial charge in [0, 0.05) is 54.9 Å². The van der Waals surface area contributed by atoms with Crippen LogP contribution in [0.5, 0.6) is 5.75 Å². The Kier molecular flexibility index (Phi) is 6.38. The number of hydrogen-bond donors (Lipinski definition) is 0. The SMILES string of the molecule is COc1ccc2oc(N(C=O)[C@@H](Cc3ccccn3)c3ncc(-c4ccc(-n5ccnc5)cc4)n3C)cc2c1. The summed E-state index contributed by atoms with van der Waals surface area (Å²) in [4.78, 5) is 27.6. The number of carbonyl (C=O) groups excluding carboxylic acids is 1. The molecule has 0 bridgehead atoms. The zero-order chi connectivity index (χ0) is 26.8. The second-order valence-electron chi connectivity index (χ2n) is 9.12. The number of nitrogens with zero attached hydrogens (tertiary/aromatic N) is 6. The summed E-state index contributed by atoms with van der Waals surface area (Å²) in [5, 5.41) is 0.839. The Labute approximate surface area is 224 Å². The minimum atomic E-state index is -0.469. The Balaban J connectivity index is 1.39. The van der Waals surface area contributed by atoms with E-state index in [1.54, 1.807) is 30.7 Å². The number of imidazole rings is 2. The van der Waals surface area contributed by atoms with Gasteiger partial charge >= 0.3 is 0 Å². The highest BCUT2D eigenvalue weighted by Gasteiger charge is 2.29. The van der Waals surface area contributed by atoms with Crippen molar-refractivity contribution < 1.29 is 13.9 Å². The molecule has 4 heterocycles. The Bertz CT molecular complexity index is 1710. The lowest BCUT2D eigenvalue weighted by Crippen LogP contribution is -2.31. The van der Waals surface area contributed by atoms with E-state index in [9.17, 15) is 4.79 Å². The standard InChI is InChI=1S/C30H26N6O3/c1-34-27(21-6-8-24(9-7-21)35-14-13-31-19-35)18-33-30(34)26(17-23-5-3-4-12-32-23)36(20-37)29-16-22-15-25(38-2)10-11-28(22)39-29/h3-16,18-20,26H,17H2,1-2H3/t26-/m0/s1. The fourth-order valence-corrected chi connectivity index (χ4v) is 4.79. The van der Waals surface area contributed by atoms with Gasteiger partial charge in [-0.15, -0.1) is 0 Å². The summed E-state index contributed by atoms with van der Waals surface area (Å²) >= 11 is 0. The zero-order valence-corrected chi connectivity index (χ0v) is 21.5. The highest BCUT2D eigenvalue weighted by molar-refractivity contribution is 5.86. The van der Waals surface area contributed by atoms with Crippen molar-refractivity contribution in [2.24, 2.45) is 7.05 Å². The Hall–Kier alpha value is -5.18. The molecule has 0 saturated heterocycles. The molecular weight excluding hydrogens is 492 g/mol. The van der Waals surface area contributed by atoms with Crippen LogP contribution in [0.4, 0.5) is 5.88 Å². The van der Waals surface area contributed by atoms with E-state index in [4.69, 9.17) is 14.1 Å². The van der Waals surface area contributed by atoms with Gasteiger partial charge in [-0.3, -0.25) is 14.7 Å². The van der Waals surface area contributed by atoms with E-state index in [-0.39, 0.29) is 0 Å². The summed E-state index contributed by atoms with van der Waals surface area (Å²) in [6.45, 7) is 0. The highest BCUT2D eigenvalue weighted by Crippen LogP contribution is 2.35. The molecule has 0 N–H and O–H groups in total. The smallest absolute Gasteiger partial charge is 0.217 e. The number of methoxy groups -OCH3 is 1. The molecule has 0 fully saturated rings. The van der Waals surface area contributed by atoms with E-state index >= 15 is 0 Å². The van der Waals surface area contributed by atoms with Crippen LogP contribution in [0.25, 0.3) is 27.9 Å². The first-order chi connectivity index (χ1) is 19.1. The van der Waals surface area contributed by atoms with Gasteiger partial charge in [0.2, 0.25) is 12.3 Å². The van der Waals surface area contributed by atoms with Gasteiger partial charge in [0.05, 0.1) is 25.3 Å². The van der Waals surface area contributed by atoms with Crippen molar-refractivity contribution in [1.29, 1.82) is 0 Å². The highest BCUT2D eigenvalue weighted by atomic mass is 16.5. The quantitative estimate of drug-likeness (QED) is 0.239. The summed E-state index contributed by atoms with van der Waals surface area (Å²) in [5.41, 5.74) is 4.44. The van der Waals surface area contributed by atoms with Gasteiger partial charge in [0.1, 0.15) is 23.2 Å². The molecule has 4 aromatic heterocycles. The lowest BCUT2D eigenvalue weighted by molar-refractivity contribution is -0.108. The van der Waals surface area contributed by atoms with Crippen LogP contribution in [-0.2, 0) is 18.3 Å². The maximum atomic E-state index is 12.6. The number of amides is 1. The number of furan rings is 1. The second kappa shape index (κ2) is 10.3. The first-order valence-corrected chi connectivity index (χ1v) is 12.5. The number of anilines is 1. The number of aromatic nitrogens is 5. The van der Waals surface area contributed by atoms with Gasteiger partial charge in [0.15, 0.2) is 0 Å². The molecule has 39 heavy (non-hydrogen) atoms. The molecule has 2 aromatic carbocycles. The van der Waals surface area contributed by atoms with Gasteiger partial charge in [-0.05, 0) is 48.0 Å². The average molecular weight is 519 g/mol. The third kappa shape index (κ3) is 4.66. The van der Waals surface area contributed by atoms with Crippen LogP contribution in [0, 0.1) is 0 Å². The number of fused-ring (bicyclic) bond motifs is 1. The van der Waals surface area contributed by atoms with Gasteiger partial charge in [-0.25, -0.2) is 9.97 Å². The molecule has 6 rings (SSSR count). The minimum absolute atomic E-state index is 0.420. The van der Waals surface area contributed by atoms with Gasteiger partial charge in [-0.2, -0.15) is 0 Å². The minimum Gasteiger partial charge on any atom is -0.497 e. The average Bonchev–Trinajstić information content (AvgIpc) is 3.73. The van der Waals surface area contributed by atoms with Crippen LogP contribution in [0.3, 0.4) is 0 Å². The van der Waals surface area contributed by atoms with Crippen molar-refractivity contribution in [1.82, 2.24) is 24.1 Å². The van der Waals surface area contributed by atoms with Crippen molar-refractivity contribution in [3.63, 3.8) is 0 Å². The molecule has 9 nitrogen and oxygen atoms in total. The van der Waals surface area contributed by atoms with Crippen molar-refractivity contribution in [2.45, 2.75) is 12.5 Å². The summed E-state index contributed by atoms with van der Waals surface area (Å²) in [7, 11) is 3.58. The van der Waals surface area contributed by atoms with Crippen LogP contribution in [0.15, 0.2) is 102 Å². The van der Waals surface area contributed by atoms with E-state index in [1.807, 2.05) is 95.3 Å². The molecule has 0 aliphatic carbocycles.